The fraction of sp³-hybridized carbons (Fsp3) is 1.00. The molecule has 4 aliphatic carbocycles. The Hall–Kier alpha value is -0.160. The third-order valence-electron chi connectivity index (χ3n) is 5.38. The van der Waals surface area contributed by atoms with Gasteiger partial charge in [0.1, 0.15) is 0 Å². The fourth-order valence-electron chi connectivity index (χ4n) is 4.44. The summed E-state index contributed by atoms with van der Waals surface area (Å²) in [5.41, 5.74) is 0. The minimum atomic E-state index is -0.658. The first kappa shape index (κ1) is 11.6. The number of ether oxygens (including phenoxy) is 1. The van der Waals surface area contributed by atoms with E-state index in [1.54, 1.807) is 0 Å². The Kier molecular flexibility index (Phi) is 2.54. The number of rotatable bonds is 0. The van der Waals surface area contributed by atoms with E-state index in [1.165, 1.54) is 25.7 Å². The van der Waals surface area contributed by atoms with Gasteiger partial charge in [0, 0.05) is 25.2 Å². The van der Waals surface area contributed by atoms with Crippen LogP contribution in [0.2, 0.25) is 0 Å². The minimum absolute atomic E-state index is 0.307. The number of fused-ring (bicyclic) bond motifs is 2. The summed E-state index contributed by atoms with van der Waals surface area (Å²) in [6.45, 7) is 0. The van der Waals surface area contributed by atoms with E-state index in [4.69, 9.17) is 14.5 Å². The molecule has 1 N–H and O–H groups in total. The van der Waals surface area contributed by atoms with E-state index in [9.17, 15) is 5.11 Å². The molecular weight excluding hydrogens is 232 g/mol. The van der Waals surface area contributed by atoms with Crippen molar-refractivity contribution in [3.05, 3.63) is 0 Å². The molecule has 18 heavy (non-hydrogen) atoms. The summed E-state index contributed by atoms with van der Waals surface area (Å²) in [5, 5.41) is 9.84. The highest BCUT2D eigenvalue weighted by molar-refractivity contribution is 4.97. The Morgan fingerprint density at radius 2 is 1.78 bits per heavy atom. The molecule has 4 heteroatoms. The summed E-state index contributed by atoms with van der Waals surface area (Å²) in [6.07, 6.45) is 8.92. The maximum Gasteiger partial charge on any atom is 0.207 e. The van der Waals surface area contributed by atoms with Gasteiger partial charge in [-0.2, -0.15) is 9.78 Å². The van der Waals surface area contributed by atoms with E-state index < -0.39 is 11.6 Å². The van der Waals surface area contributed by atoms with Crippen LogP contribution in [0.5, 0.6) is 0 Å². The molecule has 3 atom stereocenters. The molecule has 102 valence electrons. The molecule has 0 amide bonds. The lowest BCUT2D eigenvalue weighted by Gasteiger charge is -2.47. The standard InChI is InChI=1S/C14H22O4/c15-12-2-1-7-13(9-12)16-14(18-17-13)8-10-3-5-11(14)6-4-10/h10-12,15H,1-9H2/t10?,11?,12-,13-,14?/m1/s1. The smallest absolute Gasteiger partial charge is 0.207 e. The van der Waals surface area contributed by atoms with Crippen LogP contribution in [0.25, 0.3) is 0 Å². The Morgan fingerprint density at radius 1 is 0.944 bits per heavy atom. The lowest BCUT2D eigenvalue weighted by Crippen LogP contribution is -2.50. The second kappa shape index (κ2) is 3.92. The van der Waals surface area contributed by atoms with Crippen molar-refractivity contribution < 1.29 is 19.6 Å². The maximum atomic E-state index is 9.84. The Morgan fingerprint density at radius 3 is 2.44 bits per heavy atom. The van der Waals surface area contributed by atoms with Gasteiger partial charge in [0.05, 0.1) is 6.10 Å². The van der Waals surface area contributed by atoms with Crippen molar-refractivity contribution in [1.29, 1.82) is 0 Å². The first-order chi connectivity index (χ1) is 8.70. The van der Waals surface area contributed by atoms with Crippen LogP contribution in [-0.2, 0) is 14.5 Å². The van der Waals surface area contributed by atoms with E-state index in [2.05, 4.69) is 0 Å². The maximum absolute atomic E-state index is 9.84. The predicted octanol–water partition coefficient (Wildman–Crippen LogP) is 2.50. The van der Waals surface area contributed by atoms with Crippen molar-refractivity contribution in [2.75, 3.05) is 0 Å². The molecule has 5 rings (SSSR count). The van der Waals surface area contributed by atoms with Crippen molar-refractivity contribution in [3.63, 3.8) is 0 Å². The fourth-order valence-corrected chi connectivity index (χ4v) is 4.44. The van der Waals surface area contributed by atoms with Crippen LogP contribution < -0.4 is 0 Å². The largest absolute Gasteiger partial charge is 0.393 e. The zero-order chi connectivity index (χ0) is 12.2. The first-order valence-electron chi connectivity index (χ1n) is 7.45. The second-order valence-corrected chi connectivity index (χ2v) is 6.66. The molecule has 5 fully saturated rings. The van der Waals surface area contributed by atoms with Gasteiger partial charge in [-0.15, -0.1) is 0 Å². The SMILES string of the molecule is O[C@@H]1CCC[C@]2(C1)OOC1(CC3CCC1CC3)O2. The van der Waals surface area contributed by atoms with Crippen LogP contribution >= 0.6 is 0 Å². The molecule has 0 aromatic rings. The van der Waals surface area contributed by atoms with Crippen molar-refractivity contribution in [2.24, 2.45) is 11.8 Å². The van der Waals surface area contributed by atoms with Gasteiger partial charge >= 0.3 is 0 Å². The number of aliphatic hydroxyl groups excluding tert-OH is 1. The average molecular weight is 254 g/mol. The van der Waals surface area contributed by atoms with Gasteiger partial charge in [-0.05, 0) is 44.4 Å². The number of aliphatic hydroxyl groups is 1. The van der Waals surface area contributed by atoms with Gasteiger partial charge < -0.3 is 9.84 Å². The highest BCUT2D eigenvalue weighted by Gasteiger charge is 2.61. The minimum Gasteiger partial charge on any atom is -0.393 e. The third-order valence-corrected chi connectivity index (χ3v) is 5.38. The number of hydrogen-bond donors (Lipinski definition) is 1. The third kappa shape index (κ3) is 1.66. The Bertz CT molecular complexity index is 339. The molecular formula is C14H22O4. The summed E-state index contributed by atoms with van der Waals surface area (Å²) in [6, 6.07) is 0. The second-order valence-electron chi connectivity index (χ2n) is 6.66. The first-order valence-corrected chi connectivity index (χ1v) is 7.45. The van der Waals surface area contributed by atoms with Gasteiger partial charge in [-0.3, -0.25) is 0 Å². The molecule has 0 aromatic heterocycles. The zero-order valence-electron chi connectivity index (χ0n) is 10.8. The number of hydrogen-bond acceptors (Lipinski definition) is 4. The van der Waals surface area contributed by atoms with Crippen LogP contribution in [0.1, 0.15) is 57.8 Å². The van der Waals surface area contributed by atoms with Crippen LogP contribution in [0, 0.1) is 11.8 Å². The van der Waals surface area contributed by atoms with Gasteiger partial charge in [0.25, 0.3) is 0 Å². The molecule has 0 radical (unpaired) electrons. The van der Waals surface area contributed by atoms with Crippen LogP contribution in [0.15, 0.2) is 0 Å². The molecule has 1 aliphatic heterocycles. The van der Waals surface area contributed by atoms with E-state index in [1.807, 2.05) is 0 Å². The molecule has 4 nitrogen and oxygen atoms in total. The Labute approximate surface area is 108 Å². The molecule has 1 unspecified atom stereocenters. The zero-order valence-corrected chi connectivity index (χ0v) is 10.8. The van der Waals surface area contributed by atoms with E-state index in [0.717, 1.165) is 31.6 Å². The van der Waals surface area contributed by atoms with Crippen LogP contribution in [-0.4, -0.2) is 22.8 Å². The van der Waals surface area contributed by atoms with E-state index >= 15 is 0 Å². The molecule has 2 spiro atoms. The molecule has 1 heterocycles. The van der Waals surface area contributed by atoms with E-state index in [0.29, 0.717) is 12.3 Å². The summed E-state index contributed by atoms with van der Waals surface area (Å²) in [4.78, 5) is 11.3. The molecule has 4 saturated carbocycles. The molecule has 5 aliphatic rings. The predicted molar refractivity (Wildman–Crippen MR) is 63.3 cm³/mol. The van der Waals surface area contributed by atoms with Crippen LogP contribution in [0.4, 0.5) is 0 Å². The van der Waals surface area contributed by atoms with Crippen molar-refractivity contribution >= 4 is 0 Å². The van der Waals surface area contributed by atoms with Crippen molar-refractivity contribution in [1.82, 2.24) is 0 Å². The van der Waals surface area contributed by atoms with Crippen molar-refractivity contribution in [3.8, 4) is 0 Å². The molecule has 1 saturated heterocycles. The normalized spacial score (nSPS) is 55.5. The van der Waals surface area contributed by atoms with E-state index in [-0.39, 0.29) is 6.10 Å². The highest BCUT2D eigenvalue weighted by Crippen LogP contribution is 2.56. The summed E-state index contributed by atoms with van der Waals surface area (Å²) in [5.74, 6) is 0.0797. The lowest BCUT2D eigenvalue weighted by atomic mass is 9.67. The summed E-state index contributed by atoms with van der Waals surface area (Å²) >= 11 is 0. The average Bonchev–Trinajstić information content (AvgIpc) is 2.69. The van der Waals surface area contributed by atoms with Gasteiger partial charge in [-0.1, -0.05) is 0 Å². The van der Waals surface area contributed by atoms with Crippen molar-refractivity contribution in [2.45, 2.75) is 75.5 Å². The van der Waals surface area contributed by atoms with Crippen LogP contribution in [0.3, 0.4) is 0 Å². The highest BCUT2D eigenvalue weighted by atomic mass is 17.3. The van der Waals surface area contributed by atoms with Gasteiger partial charge in [0.15, 0.2) is 0 Å². The topological polar surface area (TPSA) is 47.9 Å². The van der Waals surface area contributed by atoms with Gasteiger partial charge in [0.2, 0.25) is 11.6 Å². The lowest BCUT2D eigenvalue weighted by molar-refractivity contribution is -0.374. The quantitative estimate of drug-likeness (QED) is 0.675. The molecule has 2 bridgehead atoms. The van der Waals surface area contributed by atoms with Gasteiger partial charge in [-0.25, -0.2) is 0 Å². The molecule has 0 aromatic carbocycles. The summed E-state index contributed by atoms with van der Waals surface area (Å²) < 4.78 is 6.32. The Balaban J connectivity index is 1.55. The summed E-state index contributed by atoms with van der Waals surface area (Å²) in [7, 11) is 0. The monoisotopic (exact) mass is 254 g/mol.